The predicted octanol–water partition coefficient (Wildman–Crippen LogP) is 4.45. The third kappa shape index (κ3) is 2.55. The maximum atomic E-state index is 10.9. The van der Waals surface area contributed by atoms with Gasteiger partial charge in [0.25, 0.3) is 0 Å². The first-order valence-corrected chi connectivity index (χ1v) is 7.64. The zero-order chi connectivity index (χ0) is 14.1. The first kappa shape index (κ1) is 13.1. The highest BCUT2D eigenvalue weighted by Gasteiger charge is 2.09. The number of para-hydroxylation sites is 1. The Labute approximate surface area is 124 Å². The lowest BCUT2D eigenvalue weighted by atomic mass is 10.1. The molecule has 0 saturated carbocycles. The van der Waals surface area contributed by atoms with Crippen LogP contribution in [0.1, 0.15) is 15.9 Å². The van der Waals surface area contributed by atoms with Crippen LogP contribution >= 0.6 is 23.1 Å². The molecule has 0 amide bonds. The van der Waals surface area contributed by atoms with E-state index < -0.39 is 5.97 Å². The summed E-state index contributed by atoms with van der Waals surface area (Å²) < 4.78 is 2.13. The lowest BCUT2D eigenvalue weighted by molar-refractivity contribution is 0.0696. The number of aryl methyl sites for hydroxylation is 1. The van der Waals surface area contributed by atoms with Gasteiger partial charge in [0.2, 0.25) is 0 Å². The molecular weight excluding hydrogens is 290 g/mol. The van der Waals surface area contributed by atoms with Gasteiger partial charge in [0, 0.05) is 4.90 Å². The summed E-state index contributed by atoms with van der Waals surface area (Å²) in [6, 6.07) is 13.2. The number of hydrogen-bond donors (Lipinski definition) is 1. The Balaban J connectivity index is 1.92. The van der Waals surface area contributed by atoms with Gasteiger partial charge < -0.3 is 5.11 Å². The molecular formula is C15H11NO2S2. The van der Waals surface area contributed by atoms with Crippen LogP contribution in [-0.2, 0) is 0 Å². The number of nitrogens with zero attached hydrogens (tertiary/aromatic N) is 1. The Morgan fingerprint density at radius 2 is 2.05 bits per heavy atom. The summed E-state index contributed by atoms with van der Waals surface area (Å²) in [6.45, 7) is 1.92. The first-order valence-electron chi connectivity index (χ1n) is 6.01. The Bertz CT molecular complexity index is 762. The summed E-state index contributed by atoms with van der Waals surface area (Å²) >= 11 is 3.22. The number of aromatic nitrogens is 1. The van der Waals surface area contributed by atoms with Crippen LogP contribution in [0.25, 0.3) is 10.2 Å². The van der Waals surface area contributed by atoms with Gasteiger partial charge >= 0.3 is 5.97 Å². The average molecular weight is 301 g/mol. The molecule has 0 aliphatic rings. The molecule has 0 aliphatic carbocycles. The number of fused-ring (bicyclic) bond motifs is 1. The minimum Gasteiger partial charge on any atom is -0.478 e. The van der Waals surface area contributed by atoms with Gasteiger partial charge in [0.15, 0.2) is 4.34 Å². The van der Waals surface area contributed by atoms with Crippen molar-refractivity contribution in [2.24, 2.45) is 0 Å². The third-order valence-corrected chi connectivity index (χ3v) is 5.17. The number of aromatic carboxylic acids is 1. The summed E-state index contributed by atoms with van der Waals surface area (Å²) in [5.74, 6) is -0.898. The highest BCUT2D eigenvalue weighted by atomic mass is 32.2. The SMILES string of the molecule is Cc1cc(C(=O)O)ccc1Sc1nc2ccccc2s1. The summed E-state index contributed by atoms with van der Waals surface area (Å²) in [5, 5.41) is 8.97. The van der Waals surface area contributed by atoms with E-state index in [-0.39, 0.29) is 0 Å². The minimum atomic E-state index is -0.898. The fourth-order valence-electron chi connectivity index (χ4n) is 1.89. The molecule has 1 aromatic heterocycles. The fraction of sp³-hybridized carbons (Fsp3) is 0.0667. The molecule has 0 unspecified atom stereocenters. The lowest BCUT2D eigenvalue weighted by Gasteiger charge is -2.04. The van der Waals surface area contributed by atoms with Crippen molar-refractivity contribution in [3.05, 3.63) is 53.6 Å². The molecule has 0 fully saturated rings. The second-order valence-electron chi connectivity index (χ2n) is 4.33. The van der Waals surface area contributed by atoms with E-state index in [1.165, 1.54) is 0 Å². The van der Waals surface area contributed by atoms with Gasteiger partial charge in [-0.25, -0.2) is 9.78 Å². The van der Waals surface area contributed by atoms with E-state index in [4.69, 9.17) is 5.11 Å². The quantitative estimate of drug-likeness (QED) is 0.776. The predicted molar refractivity (Wildman–Crippen MR) is 81.9 cm³/mol. The number of carbonyl (C=O) groups is 1. The maximum absolute atomic E-state index is 10.9. The largest absolute Gasteiger partial charge is 0.478 e. The first-order chi connectivity index (χ1) is 9.63. The van der Waals surface area contributed by atoms with E-state index in [2.05, 4.69) is 11.1 Å². The number of carboxylic acids is 1. The third-order valence-electron chi connectivity index (χ3n) is 2.89. The lowest BCUT2D eigenvalue weighted by Crippen LogP contribution is -1.96. The smallest absolute Gasteiger partial charge is 0.335 e. The Hall–Kier alpha value is -1.85. The summed E-state index contributed by atoms with van der Waals surface area (Å²) in [4.78, 5) is 16.5. The molecule has 0 radical (unpaired) electrons. The van der Waals surface area contributed by atoms with Gasteiger partial charge in [-0.1, -0.05) is 23.9 Å². The van der Waals surface area contributed by atoms with Gasteiger partial charge in [-0.2, -0.15) is 0 Å². The van der Waals surface area contributed by atoms with Crippen molar-refractivity contribution in [2.45, 2.75) is 16.2 Å². The maximum Gasteiger partial charge on any atom is 0.335 e. The normalized spacial score (nSPS) is 10.8. The van der Waals surface area contributed by atoms with Crippen LogP contribution in [0, 0.1) is 6.92 Å². The highest BCUT2D eigenvalue weighted by Crippen LogP contribution is 2.35. The molecule has 20 heavy (non-hydrogen) atoms. The number of thiazole rings is 1. The van der Waals surface area contributed by atoms with Crippen LogP contribution in [0.15, 0.2) is 51.7 Å². The fourth-order valence-corrected chi connectivity index (χ4v) is 3.98. The van der Waals surface area contributed by atoms with Gasteiger partial charge in [-0.3, -0.25) is 0 Å². The van der Waals surface area contributed by atoms with E-state index in [9.17, 15) is 4.79 Å². The molecule has 3 aromatic rings. The van der Waals surface area contributed by atoms with Crippen LogP contribution < -0.4 is 0 Å². The van der Waals surface area contributed by atoms with Crippen LogP contribution in [0.5, 0.6) is 0 Å². The summed E-state index contributed by atoms with van der Waals surface area (Å²) in [6.07, 6.45) is 0. The van der Waals surface area contributed by atoms with Gasteiger partial charge in [0.05, 0.1) is 15.8 Å². The van der Waals surface area contributed by atoms with Gasteiger partial charge in [-0.15, -0.1) is 11.3 Å². The number of carboxylic acid groups (broad SMARTS) is 1. The van der Waals surface area contributed by atoms with Gasteiger partial charge in [-0.05, 0) is 42.8 Å². The Morgan fingerprint density at radius 3 is 2.75 bits per heavy atom. The Kier molecular flexibility index (Phi) is 3.46. The highest BCUT2D eigenvalue weighted by molar-refractivity contribution is 8.01. The van der Waals surface area contributed by atoms with Crippen molar-refractivity contribution in [3.63, 3.8) is 0 Å². The molecule has 0 bridgehead atoms. The second-order valence-corrected chi connectivity index (χ2v) is 6.65. The van der Waals surface area contributed by atoms with Crippen LogP contribution in [0.4, 0.5) is 0 Å². The standard InChI is InChI=1S/C15H11NO2S2/c1-9-8-10(14(17)18)6-7-12(9)19-15-16-11-4-2-3-5-13(11)20-15/h2-8H,1H3,(H,17,18). The molecule has 0 aliphatic heterocycles. The summed E-state index contributed by atoms with van der Waals surface area (Å²) in [7, 11) is 0. The molecule has 1 heterocycles. The number of rotatable bonds is 3. The molecule has 100 valence electrons. The van der Waals surface area contributed by atoms with E-state index in [1.54, 1.807) is 35.2 Å². The molecule has 3 rings (SSSR count). The van der Waals surface area contributed by atoms with E-state index in [1.807, 2.05) is 31.2 Å². The molecule has 2 aromatic carbocycles. The van der Waals surface area contributed by atoms with Crippen molar-refractivity contribution in [3.8, 4) is 0 Å². The molecule has 0 atom stereocenters. The Morgan fingerprint density at radius 1 is 1.25 bits per heavy atom. The van der Waals surface area contributed by atoms with E-state index in [0.29, 0.717) is 5.56 Å². The summed E-state index contributed by atoms with van der Waals surface area (Å²) in [5.41, 5.74) is 2.27. The topological polar surface area (TPSA) is 50.2 Å². The second kappa shape index (κ2) is 5.26. The molecule has 1 N–H and O–H groups in total. The van der Waals surface area contributed by atoms with Crippen molar-refractivity contribution in [2.75, 3.05) is 0 Å². The van der Waals surface area contributed by atoms with Crippen molar-refractivity contribution in [1.29, 1.82) is 0 Å². The van der Waals surface area contributed by atoms with Gasteiger partial charge in [0.1, 0.15) is 0 Å². The number of hydrogen-bond acceptors (Lipinski definition) is 4. The van der Waals surface area contributed by atoms with E-state index >= 15 is 0 Å². The number of benzene rings is 2. The molecule has 3 nitrogen and oxygen atoms in total. The van der Waals surface area contributed by atoms with Crippen molar-refractivity contribution < 1.29 is 9.90 Å². The van der Waals surface area contributed by atoms with E-state index in [0.717, 1.165) is 25.0 Å². The molecule has 0 saturated heterocycles. The van der Waals surface area contributed by atoms with Crippen molar-refractivity contribution >= 4 is 39.3 Å². The zero-order valence-electron chi connectivity index (χ0n) is 10.7. The molecule has 5 heteroatoms. The minimum absolute atomic E-state index is 0.316. The van der Waals surface area contributed by atoms with Crippen LogP contribution in [0.3, 0.4) is 0 Å². The molecule has 0 spiro atoms. The average Bonchev–Trinajstić information content (AvgIpc) is 2.83. The van der Waals surface area contributed by atoms with Crippen LogP contribution in [0.2, 0.25) is 0 Å². The van der Waals surface area contributed by atoms with Crippen molar-refractivity contribution in [1.82, 2.24) is 4.98 Å². The monoisotopic (exact) mass is 301 g/mol. The van der Waals surface area contributed by atoms with Crippen LogP contribution in [-0.4, -0.2) is 16.1 Å². The zero-order valence-corrected chi connectivity index (χ0v) is 12.3.